The lowest BCUT2D eigenvalue weighted by atomic mass is 10.0. The molecule has 1 saturated heterocycles. The van der Waals surface area contributed by atoms with Gasteiger partial charge in [0.25, 0.3) is 0 Å². The molecule has 9 heteroatoms. The van der Waals surface area contributed by atoms with Gasteiger partial charge < -0.3 is 19.4 Å². The molecule has 6 nitrogen and oxygen atoms in total. The molecule has 31 heavy (non-hydrogen) atoms. The number of ether oxygens (including phenoxy) is 1. The van der Waals surface area contributed by atoms with Crippen LogP contribution in [0.1, 0.15) is 30.0 Å². The summed E-state index contributed by atoms with van der Waals surface area (Å²) in [7, 11) is 1.37. The van der Waals surface area contributed by atoms with Gasteiger partial charge in [0.15, 0.2) is 5.11 Å². The molecular weight excluding hydrogens is 457 g/mol. The van der Waals surface area contributed by atoms with Gasteiger partial charge in [0.1, 0.15) is 17.6 Å². The monoisotopic (exact) mass is 475 g/mol. The van der Waals surface area contributed by atoms with Gasteiger partial charge in [-0.25, -0.2) is 0 Å². The van der Waals surface area contributed by atoms with Gasteiger partial charge in [0.05, 0.1) is 30.3 Å². The van der Waals surface area contributed by atoms with E-state index in [1.165, 1.54) is 7.11 Å². The number of furan rings is 1. The normalized spacial score (nSPS) is 18.2. The number of aromatic nitrogens is 1. The van der Waals surface area contributed by atoms with Crippen molar-refractivity contribution >= 4 is 46.5 Å². The first-order valence-electron chi connectivity index (χ1n) is 9.58. The molecular formula is C22H19Cl2N3O3S. The molecule has 0 saturated carbocycles. The minimum Gasteiger partial charge on any atom is -0.469 e. The van der Waals surface area contributed by atoms with E-state index in [1.807, 2.05) is 41.3 Å². The second-order valence-corrected chi connectivity index (χ2v) is 8.20. The highest BCUT2D eigenvalue weighted by molar-refractivity contribution is 7.80. The van der Waals surface area contributed by atoms with Crippen LogP contribution >= 0.6 is 35.4 Å². The van der Waals surface area contributed by atoms with Crippen molar-refractivity contribution in [2.45, 2.75) is 18.5 Å². The van der Waals surface area contributed by atoms with Crippen molar-refractivity contribution in [2.75, 3.05) is 13.7 Å². The van der Waals surface area contributed by atoms with Gasteiger partial charge in [-0.1, -0.05) is 29.3 Å². The summed E-state index contributed by atoms with van der Waals surface area (Å²) in [6.07, 6.45) is 1.93. The average Bonchev–Trinajstić information content (AvgIpc) is 3.37. The Morgan fingerprint density at radius 2 is 2.10 bits per heavy atom. The second kappa shape index (κ2) is 9.26. The Balaban J connectivity index is 1.70. The van der Waals surface area contributed by atoms with Gasteiger partial charge in [0.2, 0.25) is 0 Å². The van der Waals surface area contributed by atoms with Crippen LogP contribution in [0.5, 0.6) is 0 Å². The van der Waals surface area contributed by atoms with Gasteiger partial charge in [-0.3, -0.25) is 9.78 Å². The summed E-state index contributed by atoms with van der Waals surface area (Å²) in [5.41, 5.74) is 1.55. The fraction of sp³-hybridized carbons (Fsp3) is 0.227. The van der Waals surface area contributed by atoms with E-state index >= 15 is 0 Å². The maximum Gasteiger partial charge on any atom is 0.307 e. The number of halogens is 2. The predicted molar refractivity (Wildman–Crippen MR) is 123 cm³/mol. The third-order valence-corrected chi connectivity index (χ3v) is 6.00. The molecule has 0 spiro atoms. The van der Waals surface area contributed by atoms with Crippen molar-refractivity contribution in [3.05, 3.63) is 76.2 Å². The molecule has 2 aromatic heterocycles. The number of rotatable bonds is 6. The number of nitrogens with one attached hydrogen (secondary N) is 1. The summed E-state index contributed by atoms with van der Waals surface area (Å²) in [6.45, 7) is 0.379. The number of methoxy groups -OCH3 is 1. The molecule has 0 amide bonds. The lowest BCUT2D eigenvalue weighted by Gasteiger charge is -2.25. The Morgan fingerprint density at radius 1 is 1.26 bits per heavy atom. The Hall–Kier alpha value is -2.61. The Kier molecular flexibility index (Phi) is 6.46. The molecule has 2 atom stereocenters. The van der Waals surface area contributed by atoms with Gasteiger partial charge in [-0.15, -0.1) is 0 Å². The largest absolute Gasteiger partial charge is 0.469 e. The maximum absolute atomic E-state index is 11.8. The number of pyridine rings is 1. The fourth-order valence-electron chi connectivity index (χ4n) is 3.61. The average molecular weight is 476 g/mol. The minimum atomic E-state index is -0.309. The zero-order chi connectivity index (χ0) is 22.0. The van der Waals surface area contributed by atoms with Gasteiger partial charge in [0, 0.05) is 23.3 Å². The lowest BCUT2D eigenvalue weighted by Crippen LogP contribution is -2.31. The van der Waals surface area contributed by atoms with Crippen LogP contribution in [0.2, 0.25) is 10.0 Å². The Labute approximate surface area is 195 Å². The highest BCUT2D eigenvalue weighted by Gasteiger charge is 2.41. The van der Waals surface area contributed by atoms with Crippen LogP contribution in [0.3, 0.4) is 0 Å². The maximum atomic E-state index is 11.8. The van der Waals surface area contributed by atoms with Gasteiger partial charge >= 0.3 is 5.97 Å². The van der Waals surface area contributed by atoms with Crippen molar-refractivity contribution in [3.63, 3.8) is 0 Å². The van der Waals surface area contributed by atoms with Crippen molar-refractivity contribution < 1.29 is 13.9 Å². The number of benzene rings is 1. The smallest absolute Gasteiger partial charge is 0.307 e. The summed E-state index contributed by atoms with van der Waals surface area (Å²) < 4.78 is 11.0. The summed E-state index contributed by atoms with van der Waals surface area (Å²) in [5, 5.41) is 4.89. The molecule has 160 valence electrons. The minimum absolute atomic E-state index is 0.195. The zero-order valence-electron chi connectivity index (χ0n) is 16.5. The first kappa shape index (κ1) is 21.6. The molecule has 1 N–H and O–H groups in total. The van der Waals surface area contributed by atoms with E-state index in [9.17, 15) is 4.79 Å². The first-order valence-corrected chi connectivity index (χ1v) is 10.7. The topological polar surface area (TPSA) is 67.6 Å². The summed E-state index contributed by atoms with van der Waals surface area (Å²) in [4.78, 5) is 18.2. The molecule has 1 aliphatic heterocycles. The molecule has 0 radical (unpaired) electrons. The summed E-state index contributed by atoms with van der Waals surface area (Å²) in [5.74, 6) is 0.979. The van der Waals surface area contributed by atoms with Crippen molar-refractivity contribution in [2.24, 2.45) is 0 Å². The van der Waals surface area contributed by atoms with Crippen LogP contribution in [-0.2, 0) is 9.53 Å². The number of hydrogen-bond donors (Lipinski definition) is 1. The van der Waals surface area contributed by atoms with E-state index in [0.717, 1.165) is 11.3 Å². The number of nitrogens with zero attached hydrogens (tertiary/aromatic N) is 2. The fourth-order valence-corrected chi connectivity index (χ4v) is 4.45. The molecule has 3 heterocycles. The van der Waals surface area contributed by atoms with E-state index in [0.29, 0.717) is 33.2 Å². The molecule has 4 rings (SSSR count). The van der Waals surface area contributed by atoms with Crippen LogP contribution in [0, 0.1) is 0 Å². The van der Waals surface area contributed by atoms with E-state index < -0.39 is 0 Å². The number of thiocarbonyl (C=S) groups is 1. The molecule has 0 unspecified atom stereocenters. The van der Waals surface area contributed by atoms with Crippen LogP contribution in [0.4, 0.5) is 0 Å². The van der Waals surface area contributed by atoms with Crippen molar-refractivity contribution in [1.29, 1.82) is 0 Å². The van der Waals surface area contributed by atoms with E-state index in [2.05, 4.69) is 10.3 Å². The van der Waals surface area contributed by atoms with Crippen LogP contribution in [0.25, 0.3) is 11.3 Å². The molecule has 1 aromatic carbocycles. The van der Waals surface area contributed by atoms with Crippen LogP contribution in [0.15, 0.2) is 59.1 Å². The van der Waals surface area contributed by atoms with Gasteiger partial charge in [-0.05, 0) is 54.7 Å². The number of hydrogen-bond acceptors (Lipinski definition) is 5. The quantitative estimate of drug-likeness (QED) is 0.388. The number of carbonyl (C=O) groups is 1. The predicted octanol–water partition coefficient (Wildman–Crippen LogP) is 5.18. The molecule has 1 fully saturated rings. The highest BCUT2D eigenvalue weighted by atomic mass is 35.5. The summed E-state index contributed by atoms with van der Waals surface area (Å²) in [6, 6.07) is 14.2. The second-order valence-electron chi connectivity index (χ2n) is 6.97. The first-order chi connectivity index (χ1) is 15.0. The third-order valence-electron chi connectivity index (χ3n) is 5.10. The van der Waals surface area contributed by atoms with E-state index in [4.69, 9.17) is 44.6 Å². The standard InChI is InChI=1S/C22H19Cl2N3O3S/c1-29-19(28)9-11-27-21(20(26-22(27)31)16-4-2-3-10-25-16)18-8-7-17(30-18)14-6-5-13(23)12-15(14)24/h2-8,10,12,20-21H,9,11H2,1H3,(H,26,31)/t20-,21+/m0/s1. The Bertz CT molecular complexity index is 1110. The summed E-state index contributed by atoms with van der Waals surface area (Å²) >= 11 is 18.0. The zero-order valence-corrected chi connectivity index (χ0v) is 18.9. The lowest BCUT2D eigenvalue weighted by molar-refractivity contribution is -0.140. The molecule has 3 aromatic rings. The van der Waals surface area contributed by atoms with Crippen molar-refractivity contribution in [1.82, 2.24) is 15.2 Å². The SMILES string of the molecule is COC(=O)CCN1C(=S)N[C@@H](c2ccccn2)[C@H]1c1ccc(-c2ccc(Cl)cc2Cl)o1. The number of esters is 1. The molecule has 1 aliphatic rings. The van der Waals surface area contributed by atoms with E-state index in [1.54, 1.807) is 18.3 Å². The van der Waals surface area contributed by atoms with Crippen LogP contribution < -0.4 is 5.32 Å². The molecule has 0 bridgehead atoms. The number of carbonyl (C=O) groups excluding carboxylic acids is 1. The molecule has 0 aliphatic carbocycles. The van der Waals surface area contributed by atoms with E-state index in [-0.39, 0.29) is 24.5 Å². The van der Waals surface area contributed by atoms with Gasteiger partial charge in [-0.2, -0.15) is 0 Å². The van der Waals surface area contributed by atoms with Crippen LogP contribution in [-0.4, -0.2) is 34.6 Å². The van der Waals surface area contributed by atoms with Crippen molar-refractivity contribution in [3.8, 4) is 11.3 Å². The third kappa shape index (κ3) is 4.54. The Morgan fingerprint density at radius 3 is 2.81 bits per heavy atom. The highest BCUT2D eigenvalue weighted by Crippen LogP contribution is 2.41.